The van der Waals surface area contributed by atoms with Crippen LogP contribution in [0.15, 0.2) is 17.4 Å². The van der Waals surface area contributed by atoms with Gasteiger partial charge in [-0.3, -0.25) is 0 Å². The van der Waals surface area contributed by atoms with E-state index in [0.29, 0.717) is 0 Å². The van der Waals surface area contributed by atoms with Crippen molar-refractivity contribution in [2.45, 2.75) is 6.30 Å². The minimum Gasteiger partial charge on any atom is -0.458 e. The lowest BCUT2D eigenvalue weighted by atomic mass is 10.6. The fraction of sp³-hybridized carbons (Fsp3) is 0.444. The topological polar surface area (TPSA) is 65.0 Å². The van der Waals surface area contributed by atoms with Crippen molar-refractivity contribution in [1.29, 1.82) is 0 Å². The number of hydrogen-bond acceptors (Lipinski definition) is 5. The highest BCUT2D eigenvalue weighted by atomic mass is 19.1. The highest BCUT2D eigenvalue weighted by Crippen LogP contribution is 1.99. The molecule has 0 aromatic heterocycles. The molecular weight excluding hydrogens is 243 g/mol. The monoisotopic (exact) mass is 253 g/mol. The lowest BCUT2D eigenvalue weighted by Crippen LogP contribution is -2.18. The Morgan fingerprint density at radius 2 is 2.06 bits per heavy atom. The average Bonchev–Trinajstić information content (AvgIpc) is 2.30. The van der Waals surface area contributed by atoms with E-state index in [1.54, 1.807) is 0 Å². The standard InChI is InChI=1S/C9H10F3NO4/c1-6(11)5-17-9(15)8(12)13-2-3-16-7(14)4-10/h2,8H,1,3-5H2. The van der Waals surface area contributed by atoms with E-state index in [0.717, 1.165) is 6.21 Å². The Morgan fingerprint density at radius 3 is 2.59 bits per heavy atom. The number of rotatable bonds is 7. The molecule has 5 nitrogen and oxygen atoms in total. The number of nitrogens with zero attached hydrogens (tertiary/aromatic N) is 1. The van der Waals surface area contributed by atoms with Gasteiger partial charge in [0.25, 0.3) is 6.30 Å². The number of ether oxygens (including phenoxy) is 2. The summed E-state index contributed by atoms with van der Waals surface area (Å²) in [6.45, 7) is 0.243. The number of esters is 2. The summed E-state index contributed by atoms with van der Waals surface area (Å²) in [5, 5.41) is 0. The Bertz CT molecular complexity index is 319. The molecule has 0 aromatic carbocycles. The molecule has 8 heteroatoms. The van der Waals surface area contributed by atoms with Crippen LogP contribution in [0, 0.1) is 0 Å². The maximum absolute atomic E-state index is 12.8. The number of hydrogen-bond donors (Lipinski definition) is 0. The van der Waals surface area contributed by atoms with Gasteiger partial charge in [-0.15, -0.1) is 0 Å². The van der Waals surface area contributed by atoms with Gasteiger partial charge in [-0.2, -0.15) is 0 Å². The maximum Gasteiger partial charge on any atom is 0.364 e. The Kier molecular flexibility index (Phi) is 7.40. The molecule has 0 aliphatic rings. The summed E-state index contributed by atoms with van der Waals surface area (Å²) in [6.07, 6.45) is -1.61. The average molecular weight is 253 g/mol. The van der Waals surface area contributed by atoms with E-state index in [1.165, 1.54) is 0 Å². The molecule has 1 unspecified atom stereocenters. The van der Waals surface area contributed by atoms with Crippen LogP contribution in [-0.2, 0) is 19.1 Å². The van der Waals surface area contributed by atoms with Crippen molar-refractivity contribution in [2.24, 2.45) is 4.99 Å². The van der Waals surface area contributed by atoms with E-state index in [-0.39, 0.29) is 0 Å². The summed E-state index contributed by atoms with van der Waals surface area (Å²) >= 11 is 0. The summed E-state index contributed by atoms with van der Waals surface area (Å²) in [5.41, 5.74) is 0. The van der Waals surface area contributed by atoms with E-state index < -0.39 is 43.9 Å². The first kappa shape index (κ1) is 15.1. The second kappa shape index (κ2) is 8.31. The van der Waals surface area contributed by atoms with Gasteiger partial charge in [-0.1, -0.05) is 6.58 Å². The first-order valence-electron chi connectivity index (χ1n) is 4.34. The van der Waals surface area contributed by atoms with Crippen molar-refractivity contribution in [2.75, 3.05) is 19.9 Å². The fourth-order valence-corrected chi connectivity index (χ4v) is 0.583. The van der Waals surface area contributed by atoms with E-state index in [9.17, 15) is 22.8 Å². The summed E-state index contributed by atoms with van der Waals surface area (Å²) in [7, 11) is 0. The molecule has 0 fully saturated rings. The third-order valence-electron chi connectivity index (χ3n) is 1.23. The minimum atomic E-state index is -2.36. The number of alkyl halides is 2. The molecule has 0 aromatic rings. The highest BCUT2D eigenvalue weighted by molar-refractivity contribution is 5.77. The molecule has 0 saturated carbocycles. The van der Waals surface area contributed by atoms with E-state index >= 15 is 0 Å². The Labute approximate surface area is 94.9 Å². The Hall–Kier alpha value is -1.86. The molecule has 0 radical (unpaired) electrons. The largest absolute Gasteiger partial charge is 0.458 e. The van der Waals surface area contributed by atoms with Crippen molar-refractivity contribution in [3.63, 3.8) is 0 Å². The zero-order valence-corrected chi connectivity index (χ0v) is 8.70. The molecule has 0 bridgehead atoms. The van der Waals surface area contributed by atoms with Crippen LogP contribution < -0.4 is 0 Å². The number of halogens is 3. The predicted octanol–water partition coefficient (Wildman–Crippen LogP) is 0.892. The second-order valence-electron chi connectivity index (χ2n) is 2.61. The Balaban J connectivity index is 3.86. The number of aliphatic imine (C=N–C) groups is 1. The van der Waals surface area contributed by atoms with Crippen molar-refractivity contribution < 1.29 is 32.2 Å². The minimum absolute atomic E-state index is 0.480. The van der Waals surface area contributed by atoms with Crippen LogP contribution in [0.5, 0.6) is 0 Å². The highest BCUT2D eigenvalue weighted by Gasteiger charge is 2.16. The van der Waals surface area contributed by atoms with E-state index in [1.807, 2.05) is 0 Å². The second-order valence-corrected chi connectivity index (χ2v) is 2.61. The van der Waals surface area contributed by atoms with E-state index in [2.05, 4.69) is 21.0 Å². The molecule has 0 spiro atoms. The van der Waals surface area contributed by atoms with Gasteiger partial charge in [0.2, 0.25) is 0 Å². The third-order valence-corrected chi connectivity index (χ3v) is 1.23. The van der Waals surface area contributed by atoms with Gasteiger partial charge < -0.3 is 9.47 Å². The molecule has 0 heterocycles. The first-order chi connectivity index (χ1) is 7.97. The van der Waals surface area contributed by atoms with Crippen LogP contribution in [-0.4, -0.2) is 44.3 Å². The van der Waals surface area contributed by atoms with Crippen LogP contribution in [0.3, 0.4) is 0 Å². The predicted molar refractivity (Wildman–Crippen MR) is 51.5 cm³/mol. The normalized spacial score (nSPS) is 12.2. The summed E-state index contributed by atoms with van der Waals surface area (Å²) in [6, 6.07) is 0. The summed E-state index contributed by atoms with van der Waals surface area (Å²) in [4.78, 5) is 24.0. The van der Waals surface area contributed by atoms with Crippen LogP contribution in [0.4, 0.5) is 13.2 Å². The van der Waals surface area contributed by atoms with Crippen molar-refractivity contribution in [3.05, 3.63) is 12.4 Å². The number of carbonyl (C=O) groups excluding carboxylic acids is 2. The molecular formula is C9H10F3NO4. The van der Waals surface area contributed by atoms with Crippen molar-refractivity contribution in [3.8, 4) is 0 Å². The lowest BCUT2D eigenvalue weighted by molar-refractivity contribution is -0.148. The molecule has 0 N–H and O–H groups in total. The van der Waals surface area contributed by atoms with Gasteiger partial charge >= 0.3 is 11.9 Å². The van der Waals surface area contributed by atoms with Gasteiger partial charge in [0.15, 0.2) is 6.67 Å². The SMILES string of the molecule is C=C(F)COC(=O)C(F)N=CCOC(=O)CF. The van der Waals surface area contributed by atoms with Gasteiger partial charge in [0.05, 0.1) is 0 Å². The molecule has 1 atom stereocenters. The number of carbonyl (C=O) groups is 2. The zero-order chi connectivity index (χ0) is 13.3. The van der Waals surface area contributed by atoms with Crippen LogP contribution >= 0.6 is 0 Å². The fourth-order valence-electron chi connectivity index (χ4n) is 0.583. The first-order valence-corrected chi connectivity index (χ1v) is 4.34. The van der Waals surface area contributed by atoms with E-state index in [4.69, 9.17) is 0 Å². The van der Waals surface area contributed by atoms with Crippen LogP contribution in [0.25, 0.3) is 0 Å². The maximum atomic E-state index is 12.8. The lowest BCUT2D eigenvalue weighted by Gasteiger charge is -2.03. The van der Waals surface area contributed by atoms with Crippen molar-refractivity contribution >= 4 is 18.2 Å². The molecule has 0 rings (SSSR count). The molecule has 96 valence electrons. The smallest absolute Gasteiger partial charge is 0.364 e. The molecule has 17 heavy (non-hydrogen) atoms. The molecule has 0 saturated heterocycles. The summed E-state index contributed by atoms with van der Waals surface area (Å²) < 4.78 is 44.7. The third kappa shape index (κ3) is 8.00. The van der Waals surface area contributed by atoms with Gasteiger partial charge in [0, 0.05) is 6.21 Å². The van der Waals surface area contributed by atoms with Gasteiger partial charge in [-0.25, -0.2) is 27.8 Å². The quantitative estimate of drug-likeness (QED) is 0.384. The van der Waals surface area contributed by atoms with Crippen LogP contribution in [0.2, 0.25) is 0 Å². The zero-order valence-electron chi connectivity index (χ0n) is 8.70. The summed E-state index contributed by atoms with van der Waals surface area (Å²) in [5.74, 6) is -3.48. The molecule has 0 aliphatic heterocycles. The molecule has 0 aliphatic carbocycles. The van der Waals surface area contributed by atoms with Gasteiger partial charge in [-0.05, 0) is 0 Å². The molecule has 0 amide bonds. The van der Waals surface area contributed by atoms with Crippen molar-refractivity contribution in [1.82, 2.24) is 0 Å². The Morgan fingerprint density at radius 1 is 1.41 bits per heavy atom. The van der Waals surface area contributed by atoms with Gasteiger partial charge in [0.1, 0.15) is 19.0 Å². The van der Waals surface area contributed by atoms with Crippen LogP contribution in [0.1, 0.15) is 0 Å².